The summed E-state index contributed by atoms with van der Waals surface area (Å²) in [4.78, 5) is 21.7. The first kappa shape index (κ1) is 17.1. The number of anilines is 1. The van der Waals surface area contributed by atoms with Crippen LogP contribution >= 0.6 is 0 Å². The van der Waals surface area contributed by atoms with Gasteiger partial charge >= 0.3 is 0 Å². The van der Waals surface area contributed by atoms with Crippen molar-refractivity contribution in [3.63, 3.8) is 0 Å². The Kier molecular flexibility index (Phi) is 4.38. The fourth-order valence-corrected chi connectivity index (χ4v) is 4.44. The first-order valence-electron chi connectivity index (χ1n) is 9.92. The van der Waals surface area contributed by atoms with Crippen molar-refractivity contribution in [1.29, 1.82) is 0 Å². The second-order valence-corrected chi connectivity index (χ2v) is 7.56. The number of carbonyl (C=O) groups is 1. The molecule has 5 rings (SSSR count). The van der Waals surface area contributed by atoms with Crippen LogP contribution in [0.3, 0.4) is 0 Å². The highest BCUT2D eigenvalue weighted by molar-refractivity contribution is 5.80. The predicted molar refractivity (Wildman–Crippen MR) is 104 cm³/mol. The molecule has 3 aromatic heterocycles. The molecule has 28 heavy (non-hydrogen) atoms. The molecule has 2 saturated heterocycles. The minimum absolute atomic E-state index is 0.0948. The van der Waals surface area contributed by atoms with Crippen molar-refractivity contribution in [3.8, 4) is 0 Å². The van der Waals surface area contributed by atoms with Crippen molar-refractivity contribution in [2.45, 2.75) is 31.7 Å². The minimum Gasteiger partial charge on any atom is -0.355 e. The Morgan fingerprint density at radius 1 is 1.00 bits per heavy atom. The highest BCUT2D eigenvalue weighted by Gasteiger charge is 2.35. The molecular weight excluding hydrogens is 354 g/mol. The summed E-state index contributed by atoms with van der Waals surface area (Å²) in [6, 6.07) is 8.17. The number of carbonyl (C=O) groups excluding carboxylic acids is 1. The van der Waals surface area contributed by atoms with Crippen molar-refractivity contribution < 1.29 is 4.79 Å². The van der Waals surface area contributed by atoms with Gasteiger partial charge in [0, 0.05) is 37.9 Å². The van der Waals surface area contributed by atoms with Crippen LogP contribution in [-0.4, -0.2) is 55.2 Å². The van der Waals surface area contributed by atoms with Crippen LogP contribution < -0.4 is 4.90 Å². The van der Waals surface area contributed by atoms with E-state index in [0.29, 0.717) is 5.91 Å². The molecule has 1 amide bonds. The van der Waals surface area contributed by atoms with Crippen molar-refractivity contribution in [3.05, 3.63) is 48.5 Å². The van der Waals surface area contributed by atoms with Crippen LogP contribution in [0.4, 0.5) is 5.82 Å². The summed E-state index contributed by atoms with van der Waals surface area (Å²) in [6.07, 6.45) is 9.07. The minimum atomic E-state index is 0.0948. The van der Waals surface area contributed by atoms with Crippen molar-refractivity contribution in [1.82, 2.24) is 29.7 Å². The number of likely N-dealkylation sites (tertiary alicyclic amines) is 1. The zero-order valence-corrected chi connectivity index (χ0v) is 15.7. The Morgan fingerprint density at radius 3 is 2.64 bits per heavy atom. The summed E-state index contributed by atoms with van der Waals surface area (Å²) >= 11 is 0. The Balaban J connectivity index is 1.25. The number of pyridine rings is 1. The van der Waals surface area contributed by atoms with Gasteiger partial charge in [0.05, 0.1) is 6.04 Å². The average Bonchev–Trinajstić information content (AvgIpc) is 3.43. The highest BCUT2D eigenvalue weighted by Crippen LogP contribution is 2.34. The lowest BCUT2D eigenvalue weighted by molar-refractivity contribution is -0.137. The van der Waals surface area contributed by atoms with E-state index in [4.69, 9.17) is 0 Å². The van der Waals surface area contributed by atoms with E-state index in [2.05, 4.69) is 30.1 Å². The van der Waals surface area contributed by atoms with Gasteiger partial charge in [0.1, 0.15) is 12.1 Å². The van der Waals surface area contributed by atoms with E-state index in [1.54, 1.807) is 10.8 Å². The number of hydrogen-bond acceptors (Lipinski definition) is 6. The molecule has 1 unspecified atom stereocenters. The van der Waals surface area contributed by atoms with Crippen LogP contribution in [0.1, 0.15) is 37.3 Å². The smallest absolute Gasteiger partial charge is 0.226 e. The van der Waals surface area contributed by atoms with Crippen LogP contribution in [-0.2, 0) is 4.79 Å². The number of nitrogens with zero attached hydrogens (tertiary/aromatic N) is 7. The number of aromatic nitrogens is 5. The molecule has 0 bridgehead atoms. The lowest BCUT2D eigenvalue weighted by Gasteiger charge is -2.35. The molecule has 144 valence electrons. The Morgan fingerprint density at radius 2 is 1.82 bits per heavy atom. The van der Waals surface area contributed by atoms with E-state index in [1.165, 1.54) is 5.56 Å². The fourth-order valence-electron chi connectivity index (χ4n) is 4.44. The molecule has 0 saturated carbocycles. The van der Waals surface area contributed by atoms with Gasteiger partial charge in [0.25, 0.3) is 0 Å². The average molecular weight is 377 g/mol. The third-order valence-electron chi connectivity index (χ3n) is 5.94. The molecule has 8 heteroatoms. The lowest BCUT2D eigenvalue weighted by atomic mass is 9.94. The Bertz CT molecular complexity index is 965. The molecule has 5 heterocycles. The Labute approximate surface area is 163 Å². The summed E-state index contributed by atoms with van der Waals surface area (Å²) < 4.78 is 1.69. The number of rotatable bonds is 3. The first-order chi connectivity index (χ1) is 13.8. The normalized spacial score (nSPS) is 20.8. The summed E-state index contributed by atoms with van der Waals surface area (Å²) in [5, 5.41) is 12.4. The fraction of sp³-hybridized carbons (Fsp3) is 0.450. The molecule has 0 N–H and O–H groups in total. The van der Waals surface area contributed by atoms with Gasteiger partial charge in [-0.25, -0.2) is 0 Å². The van der Waals surface area contributed by atoms with Crippen molar-refractivity contribution >= 4 is 17.4 Å². The van der Waals surface area contributed by atoms with Crippen molar-refractivity contribution in [2.75, 3.05) is 24.5 Å². The third-order valence-corrected chi connectivity index (χ3v) is 5.94. The molecule has 1 atom stereocenters. The molecule has 0 aromatic carbocycles. The first-order valence-corrected chi connectivity index (χ1v) is 9.92. The number of piperidine rings is 1. The zero-order valence-electron chi connectivity index (χ0n) is 15.7. The monoisotopic (exact) mass is 377 g/mol. The maximum absolute atomic E-state index is 13.2. The SMILES string of the molecule is O=C(C1CCN(c2ccc3nncn3n2)CC1)N1CCCC1c1ccncc1. The Hall–Kier alpha value is -3.03. The maximum atomic E-state index is 13.2. The molecule has 0 aliphatic carbocycles. The van der Waals surface area contributed by atoms with Gasteiger partial charge in [-0.05, 0) is 55.5 Å². The number of amides is 1. The van der Waals surface area contributed by atoms with Crippen LogP contribution in [0.15, 0.2) is 43.0 Å². The van der Waals surface area contributed by atoms with Crippen molar-refractivity contribution in [2.24, 2.45) is 5.92 Å². The second-order valence-electron chi connectivity index (χ2n) is 7.56. The van der Waals surface area contributed by atoms with Gasteiger partial charge in [-0.2, -0.15) is 4.52 Å². The van der Waals surface area contributed by atoms with Gasteiger partial charge in [-0.3, -0.25) is 9.78 Å². The van der Waals surface area contributed by atoms with E-state index in [-0.39, 0.29) is 12.0 Å². The summed E-state index contributed by atoms with van der Waals surface area (Å²) in [6.45, 7) is 2.54. The zero-order chi connectivity index (χ0) is 18.9. The van der Waals surface area contributed by atoms with Gasteiger partial charge in [-0.15, -0.1) is 15.3 Å². The van der Waals surface area contributed by atoms with E-state index in [1.807, 2.05) is 36.7 Å². The predicted octanol–water partition coefficient (Wildman–Crippen LogP) is 2.10. The molecular formula is C20H23N7O. The van der Waals surface area contributed by atoms with Gasteiger partial charge in [0.2, 0.25) is 5.91 Å². The number of hydrogen-bond donors (Lipinski definition) is 0. The van der Waals surface area contributed by atoms with Crippen LogP contribution in [0.2, 0.25) is 0 Å². The topological polar surface area (TPSA) is 79.5 Å². The molecule has 8 nitrogen and oxygen atoms in total. The number of fused-ring (bicyclic) bond motifs is 1. The van der Waals surface area contributed by atoms with E-state index in [0.717, 1.165) is 56.8 Å². The maximum Gasteiger partial charge on any atom is 0.226 e. The van der Waals surface area contributed by atoms with Gasteiger partial charge < -0.3 is 9.80 Å². The summed E-state index contributed by atoms with van der Waals surface area (Å²) in [5.74, 6) is 1.31. The van der Waals surface area contributed by atoms with E-state index in [9.17, 15) is 4.79 Å². The molecule has 3 aromatic rings. The van der Waals surface area contributed by atoms with Crippen LogP contribution in [0.5, 0.6) is 0 Å². The van der Waals surface area contributed by atoms with Crippen LogP contribution in [0, 0.1) is 5.92 Å². The molecule has 2 aliphatic rings. The summed E-state index contributed by atoms with van der Waals surface area (Å²) in [7, 11) is 0. The van der Waals surface area contributed by atoms with Gasteiger partial charge in [-0.1, -0.05) is 0 Å². The second kappa shape index (κ2) is 7.18. The van der Waals surface area contributed by atoms with E-state index < -0.39 is 0 Å². The molecule has 0 spiro atoms. The summed E-state index contributed by atoms with van der Waals surface area (Å²) in [5.41, 5.74) is 1.94. The van der Waals surface area contributed by atoms with Gasteiger partial charge in [0.15, 0.2) is 5.65 Å². The van der Waals surface area contributed by atoms with E-state index >= 15 is 0 Å². The third kappa shape index (κ3) is 3.08. The standard InChI is InChI=1S/C20H23N7O/c28-20(26-11-1-2-17(26)15-5-9-21-10-6-15)16-7-12-25(13-8-16)19-4-3-18-23-22-14-27(18)24-19/h3-6,9-10,14,16-17H,1-2,7-8,11-13H2. The molecule has 2 aliphatic heterocycles. The van der Waals surface area contributed by atoms with Crippen LogP contribution in [0.25, 0.3) is 5.65 Å². The lowest BCUT2D eigenvalue weighted by Crippen LogP contribution is -2.42. The molecule has 2 fully saturated rings. The molecule has 0 radical (unpaired) electrons. The largest absolute Gasteiger partial charge is 0.355 e. The highest BCUT2D eigenvalue weighted by atomic mass is 16.2. The quantitative estimate of drug-likeness (QED) is 0.695.